The highest BCUT2D eigenvalue weighted by molar-refractivity contribution is 7.15. The van der Waals surface area contributed by atoms with Gasteiger partial charge < -0.3 is 15.1 Å². The SMILES string of the molecule is CCCNCc1sc(N(CCN(C)C)CC(C)C)nc1C. The van der Waals surface area contributed by atoms with Gasteiger partial charge in [-0.1, -0.05) is 20.8 Å². The van der Waals surface area contributed by atoms with Crippen LogP contribution in [0.2, 0.25) is 0 Å². The Labute approximate surface area is 134 Å². The van der Waals surface area contributed by atoms with Crippen molar-refractivity contribution in [3.8, 4) is 0 Å². The maximum atomic E-state index is 4.81. The lowest BCUT2D eigenvalue weighted by Crippen LogP contribution is -2.34. The van der Waals surface area contributed by atoms with Gasteiger partial charge in [-0.05, 0) is 39.9 Å². The number of aromatic nitrogens is 1. The molecule has 1 rings (SSSR count). The van der Waals surface area contributed by atoms with Crippen molar-refractivity contribution >= 4 is 16.5 Å². The molecule has 0 aliphatic rings. The molecule has 1 aromatic rings. The van der Waals surface area contributed by atoms with Gasteiger partial charge in [0.1, 0.15) is 0 Å². The standard InChI is InChI=1S/C16H32N4S/c1-7-8-17-11-15-14(4)18-16(21-15)20(12-13(2)3)10-9-19(5)6/h13,17H,7-12H2,1-6H3. The van der Waals surface area contributed by atoms with E-state index in [-0.39, 0.29) is 0 Å². The Morgan fingerprint density at radius 3 is 2.52 bits per heavy atom. The summed E-state index contributed by atoms with van der Waals surface area (Å²) >= 11 is 1.85. The monoisotopic (exact) mass is 312 g/mol. The predicted octanol–water partition coefficient (Wildman–Crippen LogP) is 2.98. The lowest BCUT2D eigenvalue weighted by molar-refractivity contribution is 0.409. The molecule has 4 nitrogen and oxygen atoms in total. The van der Waals surface area contributed by atoms with Gasteiger partial charge in [0, 0.05) is 31.1 Å². The average Bonchev–Trinajstić information content (AvgIpc) is 2.76. The molecule has 0 atom stereocenters. The van der Waals surface area contributed by atoms with Gasteiger partial charge in [-0.25, -0.2) is 4.98 Å². The third kappa shape index (κ3) is 6.76. The van der Waals surface area contributed by atoms with Gasteiger partial charge in [0.05, 0.1) is 5.69 Å². The van der Waals surface area contributed by atoms with Crippen molar-refractivity contribution in [2.75, 3.05) is 45.2 Å². The van der Waals surface area contributed by atoms with Crippen LogP contribution in [0.15, 0.2) is 0 Å². The molecule has 0 saturated heterocycles. The minimum Gasteiger partial charge on any atom is -0.347 e. The Morgan fingerprint density at radius 2 is 1.95 bits per heavy atom. The van der Waals surface area contributed by atoms with Crippen LogP contribution in [0.4, 0.5) is 5.13 Å². The van der Waals surface area contributed by atoms with Crippen LogP contribution >= 0.6 is 11.3 Å². The van der Waals surface area contributed by atoms with Gasteiger partial charge in [-0.15, -0.1) is 11.3 Å². The minimum absolute atomic E-state index is 0.651. The predicted molar refractivity (Wildman–Crippen MR) is 94.5 cm³/mol. The second-order valence-corrected chi connectivity index (χ2v) is 7.39. The largest absolute Gasteiger partial charge is 0.347 e. The molecule has 5 heteroatoms. The lowest BCUT2D eigenvalue weighted by atomic mass is 10.2. The fourth-order valence-electron chi connectivity index (χ4n) is 2.12. The van der Waals surface area contributed by atoms with E-state index < -0.39 is 0 Å². The fourth-order valence-corrected chi connectivity index (χ4v) is 3.18. The number of hydrogen-bond donors (Lipinski definition) is 1. The number of hydrogen-bond acceptors (Lipinski definition) is 5. The summed E-state index contributed by atoms with van der Waals surface area (Å²) in [6.07, 6.45) is 1.17. The molecule has 0 radical (unpaired) electrons. The van der Waals surface area contributed by atoms with Crippen molar-refractivity contribution in [2.24, 2.45) is 5.92 Å². The number of aryl methyl sites for hydroxylation is 1. The molecule has 0 aliphatic heterocycles. The highest BCUT2D eigenvalue weighted by atomic mass is 32.1. The van der Waals surface area contributed by atoms with E-state index in [2.05, 4.69) is 56.9 Å². The number of nitrogens with zero attached hydrogens (tertiary/aromatic N) is 3. The first-order valence-electron chi connectivity index (χ1n) is 8.00. The molecule has 0 amide bonds. The normalized spacial score (nSPS) is 11.6. The van der Waals surface area contributed by atoms with Crippen molar-refractivity contribution in [3.05, 3.63) is 10.6 Å². The molecular weight excluding hydrogens is 280 g/mol. The quantitative estimate of drug-likeness (QED) is 0.673. The molecule has 0 bridgehead atoms. The summed E-state index contributed by atoms with van der Waals surface area (Å²) < 4.78 is 0. The molecule has 0 spiro atoms. The summed E-state index contributed by atoms with van der Waals surface area (Å²) in [5, 5.41) is 4.66. The molecule has 0 saturated carbocycles. The Morgan fingerprint density at radius 1 is 1.24 bits per heavy atom. The summed E-state index contributed by atoms with van der Waals surface area (Å²) in [6, 6.07) is 0. The minimum atomic E-state index is 0.651. The molecule has 1 aromatic heterocycles. The van der Waals surface area contributed by atoms with E-state index in [9.17, 15) is 0 Å². The van der Waals surface area contributed by atoms with Crippen LogP contribution in [0.3, 0.4) is 0 Å². The van der Waals surface area contributed by atoms with Gasteiger partial charge in [0.15, 0.2) is 5.13 Å². The van der Waals surface area contributed by atoms with Crippen molar-refractivity contribution in [1.29, 1.82) is 0 Å². The first kappa shape index (κ1) is 18.4. The van der Waals surface area contributed by atoms with Gasteiger partial charge in [-0.3, -0.25) is 0 Å². The second-order valence-electron chi connectivity index (χ2n) is 6.32. The van der Waals surface area contributed by atoms with E-state index in [1.54, 1.807) is 0 Å². The maximum absolute atomic E-state index is 4.81. The molecule has 0 aromatic carbocycles. The van der Waals surface area contributed by atoms with Gasteiger partial charge in [-0.2, -0.15) is 0 Å². The lowest BCUT2D eigenvalue weighted by Gasteiger charge is -2.25. The van der Waals surface area contributed by atoms with E-state index in [0.717, 1.165) is 32.7 Å². The maximum Gasteiger partial charge on any atom is 0.185 e. The summed E-state index contributed by atoms with van der Waals surface area (Å²) in [5.41, 5.74) is 1.18. The van der Waals surface area contributed by atoms with Crippen LogP contribution in [-0.4, -0.2) is 50.2 Å². The molecule has 0 aliphatic carbocycles. The Bertz CT molecular complexity index is 401. The Balaban J connectivity index is 2.74. The number of anilines is 1. The van der Waals surface area contributed by atoms with Gasteiger partial charge in [0.25, 0.3) is 0 Å². The van der Waals surface area contributed by atoms with E-state index in [0.29, 0.717) is 5.92 Å². The van der Waals surface area contributed by atoms with Crippen molar-refractivity contribution in [1.82, 2.24) is 15.2 Å². The highest BCUT2D eigenvalue weighted by Gasteiger charge is 2.15. The van der Waals surface area contributed by atoms with Gasteiger partial charge >= 0.3 is 0 Å². The van der Waals surface area contributed by atoms with Crippen LogP contribution in [0.1, 0.15) is 37.8 Å². The Kier molecular flexibility index (Phi) is 8.22. The van der Waals surface area contributed by atoms with Crippen LogP contribution in [0.5, 0.6) is 0 Å². The van der Waals surface area contributed by atoms with Crippen molar-refractivity contribution in [2.45, 2.75) is 40.7 Å². The smallest absolute Gasteiger partial charge is 0.185 e. The van der Waals surface area contributed by atoms with E-state index >= 15 is 0 Å². The molecule has 0 fully saturated rings. The first-order valence-corrected chi connectivity index (χ1v) is 8.82. The third-order valence-electron chi connectivity index (χ3n) is 3.27. The molecule has 0 unspecified atom stereocenters. The van der Waals surface area contributed by atoms with E-state index in [4.69, 9.17) is 4.98 Å². The van der Waals surface area contributed by atoms with Crippen LogP contribution in [-0.2, 0) is 6.54 Å². The second kappa shape index (κ2) is 9.38. The summed E-state index contributed by atoms with van der Waals surface area (Å²) in [4.78, 5) is 10.8. The first-order chi connectivity index (χ1) is 9.93. The van der Waals surface area contributed by atoms with Crippen LogP contribution < -0.4 is 10.2 Å². The molecule has 1 N–H and O–H groups in total. The molecular formula is C16H32N4S. The average molecular weight is 313 g/mol. The van der Waals surface area contributed by atoms with Gasteiger partial charge in [0.2, 0.25) is 0 Å². The van der Waals surface area contributed by atoms with Crippen LogP contribution in [0.25, 0.3) is 0 Å². The summed E-state index contributed by atoms with van der Waals surface area (Å²) in [6.45, 7) is 14.1. The van der Waals surface area contributed by atoms with E-state index in [1.807, 2.05) is 11.3 Å². The van der Waals surface area contributed by atoms with Crippen LogP contribution in [0, 0.1) is 12.8 Å². The van der Waals surface area contributed by atoms with Crippen molar-refractivity contribution in [3.63, 3.8) is 0 Å². The zero-order chi connectivity index (χ0) is 15.8. The zero-order valence-corrected chi connectivity index (χ0v) is 15.4. The topological polar surface area (TPSA) is 31.4 Å². The molecule has 122 valence electrons. The summed E-state index contributed by atoms with van der Waals surface area (Å²) in [7, 11) is 4.25. The fraction of sp³-hybridized carbons (Fsp3) is 0.812. The Hall–Kier alpha value is -0.650. The highest BCUT2D eigenvalue weighted by Crippen LogP contribution is 2.26. The summed E-state index contributed by atoms with van der Waals surface area (Å²) in [5.74, 6) is 0.651. The zero-order valence-electron chi connectivity index (χ0n) is 14.6. The number of rotatable bonds is 10. The number of nitrogens with one attached hydrogen (secondary N) is 1. The molecule has 1 heterocycles. The number of likely N-dealkylation sites (N-methyl/N-ethyl adjacent to an activating group) is 1. The molecule has 21 heavy (non-hydrogen) atoms. The van der Waals surface area contributed by atoms with Crippen molar-refractivity contribution < 1.29 is 0 Å². The van der Waals surface area contributed by atoms with E-state index in [1.165, 1.54) is 22.1 Å². The third-order valence-corrected chi connectivity index (χ3v) is 4.49. The number of thiazole rings is 1.